The summed E-state index contributed by atoms with van der Waals surface area (Å²) in [6.07, 6.45) is 1.34. The van der Waals surface area contributed by atoms with Gasteiger partial charge >= 0.3 is 11.9 Å². The lowest BCUT2D eigenvalue weighted by Gasteiger charge is -2.43. The van der Waals surface area contributed by atoms with E-state index in [1.165, 1.54) is 21.3 Å². The van der Waals surface area contributed by atoms with E-state index in [0.29, 0.717) is 39.3 Å². The van der Waals surface area contributed by atoms with Gasteiger partial charge in [-0.15, -0.1) is 0 Å². The highest BCUT2D eigenvalue weighted by Crippen LogP contribution is 2.41. The number of esters is 2. The van der Waals surface area contributed by atoms with E-state index in [1.54, 1.807) is 21.1 Å². The van der Waals surface area contributed by atoms with E-state index < -0.39 is 38.0 Å². The van der Waals surface area contributed by atoms with Crippen LogP contribution in [0, 0.1) is 5.92 Å². The topological polar surface area (TPSA) is 145 Å². The van der Waals surface area contributed by atoms with E-state index in [-0.39, 0.29) is 62.4 Å². The Morgan fingerprint density at radius 3 is 2.05 bits per heavy atom. The van der Waals surface area contributed by atoms with Gasteiger partial charge in [-0.1, -0.05) is 90.9 Å². The van der Waals surface area contributed by atoms with Gasteiger partial charge in [0.05, 0.1) is 52.9 Å². The van der Waals surface area contributed by atoms with Gasteiger partial charge in [0, 0.05) is 58.3 Å². The quantitative estimate of drug-likeness (QED) is 0.0216. The van der Waals surface area contributed by atoms with Crippen LogP contribution in [0.5, 0.6) is 5.75 Å². The SMILES string of the molecule is CCC(=O)OC(CC(CC(OCc1ccc(OC)cc1)C(C)=CC(CC)COCOCCOC)O[Si](C)(C)C(C)(C)C)C(C)(C)c1cccc(CC(OCOC)C(OCOC)C(=O)OC)c1. The molecule has 0 N–H and O–H groups in total. The van der Waals surface area contributed by atoms with Crippen LogP contribution in [-0.2, 0) is 79.8 Å². The van der Waals surface area contributed by atoms with Crippen LogP contribution in [0.3, 0.4) is 0 Å². The molecule has 0 radical (unpaired) electrons. The van der Waals surface area contributed by atoms with Crippen molar-refractivity contribution in [2.75, 3.05) is 75.7 Å². The molecule has 66 heavy (non-hydrogen) atoms. The smallest absolute Gasteiger partial charge is 0.337 e. The lowest BCUT2D eigenvalue weighted by Crippen LogP contribution is -2.48. The molecule has 0 bridgehead atoms. The summed E-state index contributed by atoms with van der Waals surface area (Å²) < 4.78 is 69.9. The van der Waals surface area contributed by atoms with Crippen molar-refractivity contribution in [3.63, 3.8) is 0 Å². The normalized spacial score (nSPS) is 15.4. The minimum Gasteiger partial charge on any atom is -0.497 e. The zero-order valence-corrected chi connectivity index (χ0v) is 43.9. The highest BCUT2D eigenvalue weighted by Gasteiger charge is 2.43. The minimum absolute atomic E-state index is 0.0685. The lowest BCUT2D eigenvalue weighted by atomic mass is 9.76. The summed E-state index contributed by atoms with van der Waals surface area (Å²) in [5.74, 6) is -0.0175. The third kappa shape index (κ3) is 20.2. The summed E-state index contributed by atoms with van der Waals surface area (Å²) in [6.45, 7) is 23.2. The Bertz CT molecular complexity index is 1690. The van der Waals surface area contributed by atoms with Crippen molar-refractivity contribution in [2.24, 2.45) is 5.92 Å². The number of carbonyl (C=O) groups is 2. The van der Waals surface area contributed by atoms with Gasteiger partial charge in [0.2, 0.25) is 0 Å². The third-order valence-corrected chi connectivity index (χ3v) is 16.8. The van der Waals surface area contributed by atoms with Crippen molar-refractivity contribution in [1.82, 2.24) is 0 Å². The average molecular weight is 949 g/mol. The zero-order valence-electron chi connectivity index (χ0n) is 42.9. The molecule has 0 spiro atoms. The summed E-state index contributed by atoms with van der Waals surface area (Å²) in [4.78, 5) is 26.3. The van der Waals surface area contributed by atoms with Crippen LogP contribution < -0.4 is 4.74 Å². The molecule has 0 amide bonds. The third-order valence-electron chi connectivity index (χ3n) is 12.3. The first-order valence-electron chi connectivity index (χ1n) is 23.1. The van der Waals surface area contributed by atoms with E-state index >= 15 is 0 Å². The highest BCUT2D eigenvalue weighted by molar-refractivity contribution is 6.74. The van der Waals surface area contributed by atoms with Crippen LogP contribution in [0.2, 0.25) is 18.1 Å². The summed E-state index contributed by atoms with van der Waals surface area (Å²) >= 11 is 0. The van der Waals surface area contributed by atoms with Gasteiger partial charge in [0.1, 0.15) is 38.3 Å². The Morgan fingerprint density at radius 1 is 0.773 bits per heavy atom. The number of carbonyl (C=O) groups excluding carboxylic acids is 2. The van der Waals surface area contributed by atoms with Crippen LogP contribution >= 0.6 is 0 Å². The van der Waals surface area contributed by atoms with E-state index in [1.807, 2.05) is 42.5 Å². The monoisotopic (exact) mass is 949 g/mol. The first-order chi connectivity index (χ1) is 31.3. The minimum atomic E-state index is -2.42. The van der Waals surface area contributed by atoms with E-state index in [4.69, 9.17) is 56.5 Å². The molecule has 6 atom stereocenters. The molecule has 0 aromatic heterocycles. The Balaban J connectivity index is 2.68. The predicted octanol–water partition coefficient (Wildman–Crippen LogP) is 9.35. The molecule has 376 valence electrons. The Morgan fingerprint density at radius 2 is 1.45 bits per heavy atom. The molecule has 2 aromatic carbocycles. The lowest BCUT2D eigenvalue weighted by molar-refractivity contribution is -0.187. The summed E-state index contributed by atoms with van der Waals surface area (Å²) in [5, 5.41) is -0.110. The largest absolute Gasteiger partial charge is 0.497 e. The second-order valence-electron chi connectivity index (χ2n) is 18.7. The molecule has 0 heterocycles. The molecule has 0 aliphatic heterocycles. The van der Waals surface area contributed by atoms with Crippen LogP contribution in [0.25, 0.3) is 0 Å². The fourth-order valence-corrected chi connectivity index (χ4v) is 8.41. The number of ether oxygens (including phenoxy) is 11. The first kappa shape index (κ1) is 58.9. The maximum Gasteiger partial charge on any atom is 0.337 e. The van der Waals surface area contributed by atoms with E-state index in [2.05, 4.69) is 73.7 Å². The highest BCUT2D eigenvalue weighted by atomic mass is 28.4. The average Bonchev–Trinajstić information content (AvgIpc) is 3.29. The Hall–Kier alpha value is -3.22. The van der Waals surface area contributed by atoms with Crippen molar-refractivity contribution in [1.29, 1.82) is 0 Å². The number of methoxy groups -OCH3 is 5. The van der Waals surface area contributed by atoms with Crippen LogP contribution in [-0.4, -0.2) is 127 Å². The summed E-state index contributed by atoms with van der Waals surface area (Å²) in [7, 11) is 5.16. The van der Waals surface area contributed by atoms with Gasteiger partial charge < -0.3 is 56.5 Å². The van der Waals surface area contributed by atoms with Gasteiger partial charge in [-0.25, -0.2) is 4.79 Å². The van der Waals surface area contributed by atoms with Gasteiger partial charge in [-0.05, 0) is 65.9 Å². The van der Waals surface area contributed by atoms with Gasteiger partial charge in [-0.3, -0.25) is 4.79 Å². The standard InChI is InChI=1S/C51H84O14Si/c1-16-38(32-60-36-59-26-25-54-9)27-37(3)44(61-33-39-21-23-42(57-12)24-22-39)30-43(65-66(14,15)50(4,5)6)31-46(64-47(52)17-2)51(7,8)41-20-18-19-40(28-41)29-45(62-34-55-10)48(49(53)58-13)63-35-56-11/h18-24,27-28,38,43-46,48H,16-17,25-26,29-36H2,1-15H3. The molecule has 0 aliphatic rings. The first-order valence-corrected chi connectivity index (χ1v) is 26.0. The summed E-state index contributed by atoms with van der Waals surface area (Å²) in [5.41, 5.74) is 3.15. The molecule has 0 saturated carbocycles. The van der Waals surface area contributed by atoms with Crippen molar-refractivity contribution < 1.29 is 66.1 Å². The van der Waals surface area contributed by atoms with Crippen LogP contribution in [0.15, 0.2) is 60.2 Å². The molecular weight excluding hydrogens is 865 g/mol. The van der Waals surface area contributed by atoms with E-state index in [9.17, 15) is 9.59 Å². The molecule has 0 aliphatic carbocycles. The molecule has 6 unspecified atom stereocenters. The molecule has 0 saturated heterocycles. The molecule has 0 fully saturated rings. The Labute approximate surface area is 397 Å². The number of rotatable bonds is 34. The maximum atomic E-state index is 13.4. The maximum absolute atomic E-state index is 13.4. The van der Waals surface area contributed by atoms with E-state index in [0.717, 1.165) is 34.4 Å². The van der Waals surface area contributed by atoms with Crippen LogP contribution in [0.1, 0.15) is 97.8 Å². The second-order valence-corrected chi connectivity index (χ2v) is 23.4. The molecule has 2 rings (SSSR count). The van der Waals surface area contributed by atoms with Crippen molar-refractivity contribution in [3.8, 4) is 5.75 Å². The van der Waals surface area contributed by atoms with Gasteiger partial charge in [-0.2, -0.15) is 0 Å². The number of benzene rings is 2. The fraction of sp³-hybridized carbons (Fsp3) is 0.686. The van der Waals surface area contributed by atoms with Crippen molar-refractivity contribution in [3.05, 3.63) is 76.9 Å². The van der Waals surface area contributed by atoms with Crippen molar-refractivity contribution >= 4 is 20.3 Å². The molecular formula is C51H84O14Si. The van der Waals surface area contributed by atoms with Gasteiger partial charge in [0.15, 0.2) is 14.4 Å². The number of hydrogen-bond donors (Lipinski definition) is 0. The van der Waals surface area contributed by atoms with Crippen molar-refractivity contribution in [2.45, 2.75) is 148 Å². The zero-order chi connectivity index (χ0) is 49.3. The Kier molecular flexibility index (Phi) is 27.0. The van der Waals surface area contributed by atoms with Crippen LogP contribution in [0.4, 0.5) is 0 Å². The fourth-order valence-electron chi connectivity index (χ4n) is 7.03. The van der Waals surface area contributed by atoms with Gasteiger partial charge in [0.25, 0.3) is 0 Å². The number of hydrogen-bond acceptors (Lipinski definition) is 14. The second kappa shape index (κ2) is 30.3. The molecule has 2 aromatic rings. The molecule has 14 nitrogen and oxygen atoms in total. The summed E-state index contributed by atoms with van der Waals surface area (Å²) in [6, 6.07) is 15.9. The predicted molar refractivity (Wildman–Crippen MR) is 258 cm³/mol. The molecule has 15 heteroatoms.